The van der Waals surface area contributed by atoms with Crippen molar-refractivity contribution in [2.24, 2.45) is 5.92 Å². The van der Waals surface area contributed by atoms with Crippen LogP contribution in [0.4, 0.5) is 0 Å². The summed E-state index contributed by atoms with van der Waals surface area (Å²) in [4.78, 5) is 14.3. The number of furan rings is 1. The molecule has 4 rings (SSSR count). The average Bonchev–Trinajstić information content (AvgIpc) is 3.34. The van der Waals surface area contributed by atoms with Gasteiger partial charge in [-0.3, -0.25) is 4.79 Å². The maximum Gasteiger partial charge on any atom is 0.310 e. The molecule has 1 saturated heterocycles. The van der Waals surface area contributed by atoms with E-state index in [1.165, 1.54) is 30.5 Å². The van der Waals surface area contributed by atoms with Gasteiger partial charge in [-0.05, 0) is 67.5 Å². The molecule has 2 atom stereocenters. The van der Waals surface area contributed by atoms with Crippen LogP contribution in [0.25, 0.3) is 0 Å². The lowest BCUT2D eigenvalue weighted by molar-refractivity contribution is -0.134. The normalized spacial score (nSPS) is 23.3. The Labute approximate surface area is 180 Å². The SMILES string of the molecule is CCC(=O)Oc1cccc2c1CCC1CN(CCS)CCC21CC.c1ccoc1. The second kappa shape index (κ2) is 10.4. The highest BCUT2D eigenvalue weighted by Crippen LogP contribution is 2.50. The maximum atomic E-state index is 11.8. The minimum absolute atomic E-state index is 0.139. The summed E-state index contributed by atoms with van der Waals surface area (Å²) in [6.45, 7) is 7.57. The Morgan fingerprint density at radius 1 is 1.28 bits per heavy atom. The van der Waals surface area contributed by atoms with E-state index in [1.54, 1.807) is 12.5 Å². The molecule has 2 aliphatic rings. The van der Waals surface area contributed by atoms with Gasteiger partial charge in [0.2, 0.25) is 0 Å². The maximum absolute atomic E-state index is 11.8. The van der Waals surface area contributed by atoms with Gasteiger partial charge in [-0.2, -0.15) is 12.6 Å². The summed E-state index contributed by atoms with van der Waals surface area (Å²) < 4.78 is 10.2. The third kappa shape index (κ3) is 4.89. The number of rotatable bonds is 5. The molecule has 1 aliphatic heterocycles. The van der Waals surface area contributed by atoms with Crippen LogP contribution < -0.4 is 4.74 Å². The van der Waals surface area contributed by atoms with Gasteiger partial charge in [-0.1, -0.05) is 26.0 Å². The van der Waals surface area contributed by atoms with Crippen LogP contribution in [-0.2, 0) is 16.6 Å². The summed E-state index contributed by atoms with van der Waals surface area (Å²) in [7, 11) is 0. The topological polar surface area (TPSA) is 42.7 Å². The molecule has 2 aromatic rings. The summed E-state index contributed by atoms with van der Waals surface area (Å²) in [5.74, 6) is 2.28. The molecule has 0 N–H and O–H groups in total. The van der Waals surface area contributed by atoms with Gasteiger partial charge >= 0.3 is 5.97 Å². The second-order valence-electron chi connectivity index (χ2n) is 7.92. The Bertz CT molecular complexity index is 759. The van der Waals surface area contributed by atoms with Crippen LogP contribution in [0.15, 0.2) is 47.3 Å². The lowest BCUT2D eigenvalue weighted by Gasteiger charge is -2.51. The highest BCUT2D eigenvalue weighted by atomic mass is 32.1. The van der Waals surface area contributed by atoms with Gasteiger partial charge in [0.15, 0.2) is 0 Å². The Balaban J connectivity index is 0.000000419. The van der Waals surface area contributed by atoms with Crippen LogP contribution in [0, 0.1) is 5.92 Å². The number of fused-ring (bicyclic) bond motifs is 3. The summed E-state index contributed by atoms with van der Waals surface area (Å²) in [6.07, 6.45) is 8.23. The number of thiol groups is 1. The van der Waals surface area contributed by atoms with Crippen molar-refractivity contribution in [3.8, 4) is 5.75 Å². The molecule has 2 heterocycles. The molecule has 1 aromatic heterocycles. The lowest BCUT2D eigenvalue weighted by atomic mass is 9.58. The molecule has 0 amide bonds. The van der Waals surface area contributed by atoms with Crippen molar-refractivity contribution in [2.75, 3.05) is 25.4 Å². The number of carbonyl (C=O) groups excluding carboxylic acids is 1. The van der Waals surface area contributed by atoms with Gasteiger partial charge < -0.3 is 14.1 Å². The zero-order valence-corrected chi connectivity index (χ0v) is 18.5. The van der Waals surface area contributed by atoms with E-state index in [0.29, 0.717) is 12.3 Å². The van der Waals surface area contributed by atoms with E-state index < -0.39 is 0 Å². The zero-order valence-electron chi connectivity index (χ0n) is 17.6. The first-order valence-corrected chi connectivity index (χ1v) is 11.4. The van der Waals surface area contributed by atoms with Crippen LogP contribution in [0.2, 0.25) is 0 Å². The molecular formula is C24H33NO3S. The molecule has 0 radical (unpaired) electrons. The Hall–Kier alpha value is -1.72. The predicted molar refractivity (Wildman–Crippen MR) is 120 cm³/mol. The first kappa shape index (κ1) is 22.0. The third-order valence-electron chi connectivity index (χ3n) is 6.53. The van der Waals surface area contributed by atoms with Gasteiger partial charge in [0.25, 0.3) is 0 Å². The molecule has 5 heteroatoms. The molecular weight excluding hydrogens is 382 g/mol. The lowest BCUT2D eigenvalue weighted by Crippen LogP contribution is -2.52. The predicted octanol–water partition coefficient (Wildman–Crippen LogP) is 5.13. The van der Waals surface area contributed by atoms with Gasteiger partial charge in [0.1, 0.15) is 5.75 Å². The molecule has 0 bridgehead atoms. The quantitative estimate of drug-likeness (QED) is 0.418. The highest BCUT2D eigenvalue weighted by Gasteiger charge is 2.46. The van der Waals surface area contributed by atoms with E-state index in [4.69, 9.17) is 4.74 Å². The van der Waals surface area contributed by atoms with E-state index in [-0.39, 0.29) is 11.4 Å². The standard InChI is InChI=1S/C20H29NO2S.C4H4O/c1-3-19(22)23-18-7-5-6-17-16(18)9-8-15-14-21(12-13-24)11-10-20(15,17)4-2;1-2-4-5-3-1/h5-7,15,24H,3-4,8-14H2,1-2H3;1-4H. The number of hydrogen-bond acceptors (Lipinski definition) is 5. The Morgan fingerprint density at radius 3 is 2.69 bits per heavy atom. The minimum atomic E-state index is -0.139. The van der Waals surface area contributed by atoms with Crippen molar-refractivity contribution in [1.29, 1.82) is 0 Å². The molecule has 1 aliphatic carbocycles. The average molecular weight is 416 g/mol. The van der Waals surface area contributed by atoms with E-state index in [2.05, 4.69) is 41.0 Å². The van der Waals surface area contributed by atoms with Crippen LogP contribution in [0.1, 0.15) is 50.7 Å². The van der Waals surface area contributed by atoms with E-state index in [0.717, 1.165) is 37.4 Å². The van der Waals surface area contributed by atoms with Crippen molar-refractivity contribution in [3.63, 3.8) is 0 Å². The monoisotopic (exact) mass is 415 g/mol. The molecule has 29 heavy (non-hydrogen) atoms. The zero-order chi connectivity index (χ0) is 20.7. The van der Waals surface area contributed by atoms with Gasteiger partial charge in [0, 0.05) is 30.7 Å². The first-order valence-electron chi connectivity index (χ1n) is 10.8. The molecule has 2 unspecified atom stereocenters. The van der Waals surface area contributed by atoms with Gasteiger partial charge in [0.05, 0.1) is 12.5 Å². The summed E-state index contributed by atoms with van der Waals surface area (Å²) >= 11 is 4.40. The summed E-state index contributed by atoms with van der Waals surface area (Å²) in [5.41, 5.74) is 2.96. The minimum Gasteiger partial charge on any atom is -0.473 e. The molecule has 0 saturated carbocycles. The van der Waals surface area contributed by atoms with Crippen molar-refractivity contribution < 1.29 is 13.9 Å². The molecule has 158 valence electrons. The number of benzene rings is 1. The van der Waals surface area contributed by atoms with Crippen molar-refractivity contribution in [1.82, 2.24) is 4.90 Å². The number of esters is 1. The number of ether oxygens (including phenoxy) is 1. The van der Waals surface area contributed by atoms with Crippen LogP contribution in [0.3, 0.4) is 0 Å². The van der Waals surface area contributed by atoms with Crippen molar-refractivity contribution in [3.05, 3.63) is 54.0 Å². The number of nitrogens with zero attached hydrogens (tertiary/aromatic N) is 1. The fourth-order valence-electron chi connectivity index (χ4n) is 4.99. The van der Waals surface area contributed by atoms with E-state index >= 15 is 0 Å². The smallest absolute Gasteiger partial charge is 0.310 e. The largest absolute Gasteiger partial charge is 0.473 e. The van der Waals surface area contributed by atoms with Crippen LogP contribution >= 0.6 is 12.6 Å². The molecule has 0 spiro atoms. The fourth-order valence-corrected chi connectivity index (χ4v) is 5.27. The Kier molecular flexibility index (Phi) is 7.84. The van der Waals surface area contributed by atoms with Crippen molar-refractivity contribution >= 4 is 18.6 Å². The van der Waals surface area contributed by atoms with Crippen molar-refractivity contribution in [2.45, 2.75) is 51.4 Å². The third-order valence-corrected chi connectivity index (χ3v) is 6.73. The molecule has 1 aromatic carbocycles. The van der Waals surface area contributed by atoms with Crippen LogP contribution in [-0.4, -0.2) is 36.3 Å². The van der Waals surface area contributed by atoms with E-state index in [9.17, 15) is 4.79 Å². The second-order valence-corrected chi connectivity index (χ2v) is 8.37. The summed E-state index contributed by atoms with van der Waals surface area (Å²) in [6, 6.07) is 9.98. The highest BCUT2D eigenvalue weighted by molar-refractivity contribution is 7.80. The van der Waals surface area contributed by atoms with E-state index in [1.807, 2.05) is 25.1 Å². The molecule has 1 fully saturated rings. The number of hydrogen-bond donors (Lipinski definition) is 1. The Morgan fingerprint density at radius 2 is 2.07 bits per heavy atom. The first-order chi connectivity index (χ1) is 14.1. The van der Waals surface area contributed by atoms with Crippen LogP contribution in [0.5, 0.6) is 5.75 Å². The van der Waals surface area contributed by atoms with Gasteiger partial charge in [-0.25, -0.2) is 0 Å². The summed E-state index contributed by atoms with van der Waals surface area (Å²) in [5, 5.41) is 0. The fraction of sp³-hybridized carbons (Fsp3) is 0.542. The van der Waals surface area contributed by atoms with Gasteiger partial charge in [-0.15, -0.1) is 0 Å². The molecule has 4 nitrogen and oxygen atoms in total. The number of carbonyl (C=O) groups is 1. The number of likely N-dealkylation sites (tertiary alicyclic amines) is 1. The number of piperidine rings is 1.